The summed E-state index contributed by atoms with van der Waals surface area (Å²) in [5.41, 5.74) is 6.14. The highest BCUT2D eigenvalue weighted by atomic mass is 16.5. The van der Waals surface area contributed by atoms with Crippen LogP contribution in [0.5, 0.6) is 0 Å². The van der Waals surface area contributed by atoms with Crippen LogP contribution < -0.4 is 5.73 Å². The van der Waals surface area contributed by atoms with Crippen molar-refractivity contribution in [3.8, 4) is 0 Å². The summed E-state index contributed by atoms with van der Waals surface area (Å²) in [5.74, 6) is -0.0890. The molecule has 5 nitrogen and oxygen atoms in total. The highest BCUT2D eigenvalue weighted by Gasteiger charge is 2.23. The van der Waals surface area contributed by atoms with Crippen molar-refractivity contribution in [1.29, 1.82) is 0 Å². The Morgan fingerprint density at radius 1 is 1.71 bits per heavy atom. The molecule has 2 rings (SSSR count). The molecule has 1 atom stereocenters. The molecule has 0 spiro atoms. The Balaban J connectivity index is 2.04. The average molecular weight is 195 g/mol. The minimum atomic E-state index is -0.0890. The van der Waals surface area contributed by atoms with E-state index in [2.05, 4.69) is 9.68 Å². The lowest BCUT2D eigenvalue weighted by Crippen LogP contribution is -2.45. The van der Waals surface area contributed by atoms with Gasteiger partial charge >= 0.3 is 0 Å². The number of carbonyl (C=O) groups excluding carboxylic acids is 1. The molecule has 76 valence electrons. The van der Waals surface area contributed by atoms with Crippen molar-refractivity contribution in [2.24, 2.45) is 5.73 Å². The van der Waals surface area contributed by atoms with E-state index in [0.717, 1.165) is 19.4 Å². The van der Waals surface area contributed by atoms with Crippen LogP contribution in [0.1, 0.15) is 23.3 Å². The van der Waals surface area contributed by atoms with Crippen LogP contribution in [0.15, 0.2) is 16.9 Å². The van der Waals surface area contributed by atoms with Gasteiger partial charge in [0.1, 0.15) is 6.26 Å². The first-order chi connectivity index (χ1) is 6.77. The summed E-state index contributed by atoms with van der Waals surface area (Å²) in [6.07, 6.45) is 3.35. The van der Waals surface area contributed by atoms with Crippen LogP contribution >= 0.6 is 0 Å². The molecule has 1 aliphatic heterocycles. The van der Waals surface area contributed by atoms with E-state index in [1.165, 1.54) is 6.26 Å². The second kappa shape index (κ2) is 3.79. The standard InChI is InChI=1S/C9H13N3O2/c10-7-2-1-4-12(6-7)9(13)8-3-5-14-11-8/h3,5,7H,1-2,4,6,10H2/t7-/m1/s1. The van der Waals surface area contributed by atoms with E-state index >= 15 is 0 Å². The smallest absolute Gasteiger partial charge is 0.276 e. The number of hydrogen-bond acceptors (Lipinski definition) is 4. The number of rotatable bonds is 1. The lowest BCUT2D eigenvalue weighted by atomic mass is 10.1. The SMILES string of the molecule is N[C@@H]1CCCN(C(=O)c2ccon2)C1. The summed E-state index contributed by atoms with van der Waals surface area (Å²) in [6.45, 7) is 1.38. The maximum atomic E-state index is 11.8. The van der Waals surface area contributed by atoms with E-state index in [9.17, 15) is 4.79 Å². The Morgan fingerprint density at radius 2 is 2.57 bits per heavy atom. The lowest BCUT2D eigenvalue weighted by molar-refractivity contribution is 0.0698. The Labute approximate surface area is 81.8 Å². The second-order valence-corrected chi connectivity index (χ2v) is 3.54. The van der Waals surface area contributed by atoms with Crippen LogP contribution in [-0.4, -0.2) is 35.1 Å². The molecule has 1 aliphatic rings. The summed E-state index contributed by atoms with van der Waals surface area (Å²) < 4.78 is 4.62. The first-order valence-electron chi connectivity index (χ1n) is 4.72. The van der Waals surface area contributed by atoms with E-state index in [4.69, 9.17) is 5.73 Å². The Hall–Kier alpha value is -1.36. The Bertz CT molecular complexity index is 310. The van der Waals surface area contributed by atoms with Crippen LogP contribution in [0.2, 0.25) is 0 Å². The molecule has 1 amide bonds. The molecule has 0 aliphatic carbocycles. The third-order valence-corrected chi connectivity index (χ3v) is 2.40. The number of nitrogens with zero attached hydrogens (tertiary/aromatic N) is 2. The van der Waals surface area contributed by atoms with Gasteiger partial charge in [0.2, 0.25) is 0 Å². The molecular formula is C9H13N3O2. The minimum Gasteiger partial charge on any atom is -0.364 e. The number of hydrogen-bond donors (Lipinski definition) is 1. The maximum Gasteiger partial charge on any atom is 0.276 e. The predicted molar refractivity (Wildman–Crippen MR) is 49.6 cm³/mol. The van der Waals surface area contributed by atoms with Crippen LogP contribution in [0.3, 0.4) is 0 Å². The first kappa shape index (κ1) is 9.21. The summed E-state index contributed by atoms with van der Waals surface area (Å²) in [4.78, 5) is 13.5. The van der Waals surface area contributed by atoms with Gasteiger partial charge in [0.15, 0.2) is 5.69 Å². The third kappa shape index (κ3) is 1.77. The van der Waals surface area contributed by atoms with Gasteiger partial charge in [-0.25, -0.2) is 0 Å². The first-order valence-corrected chi connectivity index (χ1v) is 4.72. The molecule has 0 bridgehead atoms. The van der Waals surface area contributed by atoms with Gasteiger partial charge < -0.3 is 15.2 Å². The van der Waals surface area contributed by atoms with Gasteiger partial charge in [-0.1, -0.05) is 5.16 Å². The highest BCUT2D eigenvalue weighted by molar-refractivity contribution is 5.92. The van der Waals surface area contributed by atoms with Gasteiger partial charge in [0, 0.05) is 25.2 Å². The highest BCUT2D eigenvalue weighted by Crippen LogP contribution is 2.11. The van der Waals surface area contributed by atoms with Crippen molar-refractivity contribution in [1.82, 2.24) is 10.1 Å². The number of likely N-dealkylation sites (tertiary alicyclic amines) is 1. The molecule has 1 aromatic rings. The van der Waals surface area contributed by atoms with Gasteiger partial charge in [-0.05, 0) is 12.8 Å². The molecule has 1 aromatic heterocycles. The fraction of sp³-hybridized carbons (Fsp3) is 0.556. The predicted octanol–water partition coefficient (Wildman–Crippen LogP) is 0.238. The van der Waals surface area contributed by atoms with Crippen molar-refractivity contribution in [3.05, 3.63) is 18.0 Å². The molecule has 2 heterocycles. The van der Waals surface area contributed by atoms with Crippen molar-refractivity contribution < 1.29 is 9.32 Å². The zero-order valence-corrected chi connectivity index (χ0v) is 7.85. The number of nitrogens with two attached hydrogens (primary N) is 1. The minimum absolute atomic E-state index is 0.0890. The van der Waals surface area contributed by atoms with Crippen molar-refractivity contribution >= 4 is 5.91 Å². The summed E-state index contributed by atoms with van der Waals surface area (Å²) in [5, 5.41) is 3.61. The largest absolute Gasteiger partial charge is 0.364 e. The normalized spacial score (nSPS) is 22.4. The zero-order chi connectivity index (χ0) is 9.97. The Morgan fingerprint density at radius 3 is 3.21 bits per heavy atom. The quantitative estimate of drug-likeness (QED) is 0.696. The number of carbonyl (C=O) groups is 1. The monoisotopic (exact) mass is 195 g/mol. The van der Waals surface area contributed by atoms with Crippen LogP contribution in [0.4, 0.5) is 0 Å². The molecule has 0 saturated carbocycles. The van der Waals surface area contributed by atoms with E-state index in [0.29, 0.717) is 12.2 Å². The van der Waals surface area contributed by atoms with Gasteiger partial charge in [-0.2, -0.15) is 0 Å². The van der Waals surface area contributed by atoms with Crippen LogP contribution in [0.25, 0.3) is 0 Å². The summed E-state index contributed by atoms with van der Waals surface area (Å²) in [6, 6.07) is 1.67. The fourth-order valence-electron chi connectivity index (χ4n) is 1.68. The maximum absolute atomic E-state index is 11.8. The average Bonchev–Trinajstić information content (AvgIpc) is 2.69. The van der Waals surface area contributed by atoms with Crippen LogP contribution in [-0.2, 0) is 0 Å². The van der Waals surface area contributed by atoms with E-state index < -0.39 is 0 Å². The molecule has 14 heavy (non-hydrogen) atoms. The van der Waals surface area contributed by atoms with Gasteiger partial charge in [-0.3, -0.25) is 4.79 Å². The number of aromatic nitrogens is 1. The third-order valence-electron chi connectivity index (χ3n) is 2.40. The molecule has 2 N–H and O–H groups in total. The number of amides is 1. The van der Waals surface area contributed by atoms with E-state index in [1.54, 1.807) is 11.0 Å². The Kier molecular flexibility index (Phi) is 2.49. The fourth-order valence-corrected chi connectivity index (χ4v) is 1.68. The molecule has 5 heteroatoms. The summed E-state index contributed by atoms with van der Waals surface area (Å²) in [7, 11) is 0. The molecule has 1 saturated heterocycles. The summed E-state index contributed by atoms with van der Waals surface area (Å²) >= 11 is 0. The molecule has 0 radical (unpaired) electrons. The number of piperidine rings is 1. The van der Waals surface area contributed by atoms with Gasteiger partial charge in [0.25, 0.3) is 5.91 Å². The molecule has 1 fully saturated rings. The van der Waals surface area contributed by atoms with Crippen molar-refractivity contribution in [2.45, 2.75) is 18.9 Å². The van der Waals surface area contributed by atoms with Gasteiger partial charge in [0.05, 0.1) is 0 Å². The van der Waals surface area contributed by atoms with E-state index in [-0.39, 0.29) is 11.9 Å². The van der Waals surface area contributed by atoms with Crippen molar-refractivity contribution in [3.63, 3.8) is 0 Å². The van der Waals surface area contributed by atoms with E-state index in [1.807, 2.05) is 0 Å². The van der Waals surface area contributed by atoms with Crippen molar-refractivity contribution in [2.75, 3.05) is 13.1 Å². The van der Waals surface area contributed by atoms with Crippen LogP contribution in [0, 0.1) is 0 Å². The zero-order valence-electron chi connectivity index (χ0n) is 7.85. The van der Waals surface area contributed by atoms with Gasteiger partial charge in [-0.15, -0.1) is 0 Å². The molecule has 0 aromatic carbocycles. The molecule has 0 unspecified atom stereocenters. The molecular weight excluding hydrogens is 182 g/mol. The second-order valence-electron chi connectivity index (χ2n) is 3.54. The topological polar surface area (TPSA) is 72.4 Å². The lowest BCUT2D eigenvalue weighted by Gasteiger charge is -2.29.